The van der Waals surface area contributed by atoms with Crippen molar-refractivity contribution in [3.63, 3.8) is 0 Å². The molecular formula is C21H22ClNO4. The fourth-order valence-electron chi connectivity index (χ4n) is 2.52. The number of nitriles is 1. The van der Waals surface area contributed by atoms with E-state index in [4.69, 9.17) is 31.1 Å². The number of hydrogen-bond acceptors (Lipinski definition) is 5. The zero-order valence-electron chi connectivity index (χ0n) is 15.8. The van der Waals surface area contributed by atoms with Crippen LogP contribution < -0.4 is 14.2 Å². The Kier molecular flexibility index (Phi) is 7.09. The maximum Gasteiger partial charge on any atom is 0.349 e. The Morgan fingerprint density at radius 2 is 1.93 bits per heavy atom. The predicted octanol–water partition coefficient (Wildman–Crippen LogP) is 5.03. The van der Waals surface area contributed by atoms with E-state index in [9.17, 15) is 4.79 Å². The van der Waals surface area contributed by atoms with Crippen LogP contribution in [0.4, 0.5) is 0 Å². The van der Waals surface area contributed by atoms with Gasteiger partial charge in [-0.15, -0.1) is 0 Å². The van der Waals surface area contributed by atoms with Crippen molar-refractivity contribution in [3.05, 3.63) is 52.0 Å². The minimum atomic E-state index is -0.612. The summed E-state index contributed by atoms with van der Waals surface area (Å²) in [5.41, 5.74) is 2.37. The van der Waals surface area contributed by atoms with E-state index in [0.29, 0.717) is 17.9 Å². The first-order chi connectivity index (χ1) is 12.8. The molecule has 2 aromatic carbocycles. The Bertz CT molecular complexity index is 871. The Morgan fingerprint density at radius 1 is 1.19 bits per heavy atom. The van der Waals surface area contributed by atoms with Gasteiger partial charge in [0.2, 0.25) is 0 Å². The number of halogens is 1. The van der Waals surface area contributed by atoms with E-state index in [1.807, 2.05) is 31.2 Å². The lowest BCUT2D eigenvalue weighted by molar-refractivity contribution is -0.136. The monoisotopic (exact) mass is 387 g/mol. The van der Waals surface area contributed by atoms with Gasteiger partial charge in [0.25, 0.3) is 0 Å². The summed E-state index contributed by atoms with van der Waals surface area (Å²) >= 11 is 6.15. The second-order valence-corrected chi connectivity index (χ2v) is 6.70. The Hall–Kier alpha value is -2.71. The van der Waals surface area contributed by atoms with Gasteiger partial charge in [0.15, 0.2) is 18.1 Å². The SMILES string of the molecule is CCOc1cc(C#N)cc(Cl)c1OC(=O)COc1cc(C)ccc1C(C)C. The third-order valence-electron chi connectivity index (χ3n) is 3.79. The highest BCUT2D eigenvalue weighted by atomic mass is 35.5. The average Bonchev–Trinajstić information content (AvgIpc) is 2.62. The highest BCUT2D eigenvalue weighted by molar-refractivity contribution is 6.32. The number of carbonyl (C=O) groups excluding carboxylic acids is 1. The maximum atomic E-state index is 12.3. The van der Waals surface area contributed by atoms with Gasteiger partial charge in [-0.05, 0) is 43.0 Å². The zero-order valence-corrected chi connectivity index (χ0v) is 16.6. The molecule has 142 valence electrons. The van der Waals surface area contributed by atoms with Crippen molar-refractivity contribution < 1.29 is 19.0 Å². The van der Waals surface area contributed by atoms with Crippen molar-refractivity contribution in [2.24, 2.45) is 0 Å². The van der Waals surface area contributed by atoms with Gasteiger partial charge in [-0.1, -0.05) is 37.6 Å². The highest BCUT2D eigenvalue weighted by Gasteiger charge is 2.18. The Labute approximate surface area is 164 Å². The number of aryl methyl sites for hydroxylation is 1. The largest absolute Gasteiger partial charge is 0.490 e. The van der Waals surface area contributed by atoms with Gasteiger partial charge in [-0.25, -0.2) is 4.79 Å². The molecule has 0 spiro atoms. The van der Waals surface area contributed by atoms with Crippen LogP contribution in [0.1, 0.15) is 43.4 Å². The molecule has 0 aliphatic carbocycles. The van der Waals surface area contributed by atoms with Crippen LogP contribution in [0.3, 0.4) is 0 Å². The van der Waals surface area contributed by atoms with Crippen LogP contribution in [0, 0.1) is 18.3 Å². The fourth-order valence-corrected chi connectivity index (χ4v) is 2.77. The van der Waals surface area contributed by atoms with Crippen molar-refractivity contribution in [1.29, 1.82) is 5.26 Å². The van der Waals surface area contributed by atoms with Gasteiger partial charge in [0.1, 0.15) is 5.75 Å². The summed E-state index contributed by atoms with van der Waals surface area (Å²) in [5.74, 6) is 0.624. The second-order valence-electron chi connectivity index (χ2n) is 6.29. The third kappa shape index (κ3) is 5.38. The molecule has 0 N–H and O–H groups in total. The minimum absolute atomic E-state index is 0.0828. The molecule has 0 unspecified atom stereocenters. The highest BCUT2D eigenvalue weighted by Crippen LogP contribution is 2.36. The summed E-state index contributed by atoms with van der Waals surface area (Å²) in [4.78, 5) is 12.3. The Morgan fingerprint density at radius 3 is 2.56 bits per heavy atom. The fraction of sp³-hybridized carbons (Fsp3) is 0.333. The molecule has 0 aromatic heterocycles. The molecule has 27 heavy (non-hydrogen) atoms. The molecule has 0 aliphatic rings. The molecule has 0 bridgehead atoms. The lowest BCUT2D eigenvalue weighted by Gasteiger charge is -2.15. The molecule has 0 fully saturated rings. The number of ether oxygens (including phenoxy) is 3. The van der Waals surface area contributed by atoms with Gasteiger partial charge in [-0.3, -0.25) is 0 Å². The standard InChI is InChI=1S/C21H22ClNO4/c1-5-25-19-10-15(11-23)9-17(22)21(19)27-20(24)12-26-18-8-14(4)6-7-16(18)13(2)3/h6-10,13H,5,12H2,1-4H3. The number of nitrogens with zero attached hydrogens (tertiary/aromatic N) is 1. The Balaban J connectivity index is 2.15. The number of carbonyl (C=O) groups is 1. The quantitative estimate of drug-likeness (QED) is 0.492. The first-order valence-electron chi connectivity index (χ1n) is 8.66. The number of rotatable bonds is 7. The van der Waals surface area contributed by atoms with Gasteiger partial charge in [0.05, 0.1) is 23.3 Å². The average molecular weight is 388 g/mol. The third-order valence-corrected chi connectivity index (χ3v) is 4.07. The molecule has 6 heteroatoms. The van der Waals surface area contributed by atoms with Crippen LogP contribution in [0.15, 0.2) is 30.3 Å². The molecule has 0 saturated carbocycles. The molecule has 0 heterocycles. The van der Waals surface area contributed by atoms with Gasteiger partial charge in [-0.2, -0.15) is 5.26 Å². The molecule has 5 nitrogen and oxygen atoms in total. The van der Waals surface area contributed by atoms with Crippen LogP contribution in [0.25, 0.3) is 0 Å². The van der Waals surface area contributed by atoms with Crippen molar-refractivity contribution in [3.8, 4) is 23.3 Å². The lowest BCUT2D eigenvalue weighted by atomic mass is 10.0. The van der Waals surface area contributed by atoms with Crippen LogP contribution in [0.2, 0.25) is 5.02 Å². The van der Waals surface area contributed by atoms with Crippen LogP contribution in [-0.2, 0) is 4.79 Å². The maximum absolute atomic E-state index is 12.3. The van der Waals surface area contributed by atoms with Crippen molar-refractivity contribution in [2.45, 2.75) is 33.6 Å². The smallest absolute Gasteiger partial charge is 0.349 e. The molecule has 0 atom stereocenters. The van der Waals surface area contributed by atoms with Gasteiger partial charge in [0, 0.05) is 6.07 Å². The summed E-state index contributed by atoms with van der Waals surface area (Å²) < 4.78 is 16.5. The van der Waals surface area contributed by atoms with E-state index < -0.39 is 5.97 Å². The number of benzene rings is 2. The predicted molar refractivity (Wildman–Crippen MR) is 104 cm³/mol. The molecule has 0 radical (unpaired) electrons. The lowest BCUT2D eigenvalue weighted by Crippen LogP contribution is -2.19. The molecule has 0 aliphatic heterocycles. The summed E-state index contributed by atoms with van der Waals surface area (Å²) in [5, 5.41) is 9.17. The molecule has 2 aromatic rings. The van der Waals surface area contributed by atoms with E-state index in [0.717, 1.165) is 11.1 Å². The molecule has 2 rings (SSSR count). The van der Waals surface area contributed by atoms with Gasteiger partial charge < -0.3 is 14.2 Å². The summed E-state index contributed by atoms with van der Waals surface area (Å²) in [6.45, 7) is 7.92. The van der Waals surface area contributed by atoms with Crippen LogP contribution in [0.5, 0.6) is 17.2 Å². The summed E-state index contributed by atoms with van der Waals surface area (Å²) in [7, 11) is 0. The summed E-state index contributed by atoms with van der Waals surface area (Å²) in [6, 6.07) is 10.8. The minimum Gasteiger partial charge on any atom is -0.490 e. The topological polar surface area (TPSA) is 68.5 Å². The number of esters is 1. The van der Waals surface area contributed by atoms with E-state index in [1.165, 1.54) is 12.1 Å². The van der Waals surface area contributed by atoms with E-state index in [-0.39, 0.29) is 29.0 Å². The molecular weight excluding hydrogens is 366 g/mol. The summed E-state index contributed by atoms with van der Waals surface area (Å²) in [6.07, 6.45) is 0. The van der Waals surface area contributed by atoms with Crippen molar-refractivity contribution in [1.82, 2.24) is 0 Å². The first-order valence-corrected chi connectivity index (χ1v) is 9.04. The normalized spacial score (nSPS) is 10.4. The molecule has 0 amide bonds. The van der Waals surface area contributed by atoms with E-state index in [1.54, 1.807) is 6.92 Å². The van der Waals surface area contributed by atoms with Crippen LogP contribution in [-0.4, -0.2) is 19.2 Å². The molecule has 0 saturated heterocycles. The van der Waals surface area contributed by atoms with E-state index in [2.05, 4.69) is 13.8 Å². The zero-order chi connectivity index (χ0) is 20.0. The second kappa shape index (κ2) is 9.29. The van der Waals surface area contributed by atoms with Crippen LogP contribution >= 0.6 is 11.6 Å². The van der Waals surface area contributed by atoms with Crippen molar-refractivity contribution >= 4 is 17.6 Å². The van der Waals surface area contributed by atoms with E-state index >= 15 is 0 Å². The first kappa shape index (κ1) is 20.6. The number of hydrogen-bond donors (Lipinski definition) is 0. The van der Waals surface area contributed by atoms with Crippen molar-refractivity contribution in [2.75, 3.05) is 13.2 Å². The van der Waals surface area contributed by atoms with Gasteiger partial charge >= 0.3 is 5.97 Å².